The van der Waals surface area contributed by atoms with E-state index in [2.05, 4.69) is 10.6 Å². The fraction of sp³-hybridized carbons (Fsp3) is 0.286. The fourth-order valence-corrected chi connectivity index (χ4v) is 3.47. The van der Waals surface area contributed by atoms with E-state index in [4.69, 9.17) is 4.74 Å². The third-order valence-corrected chi connectivity index (χ3v) is 5.16. The molecule has 0 spiro atoms. The third kappa shape index (κ3) is 7.96. The highest BCUT2D eigenvalue weighted by molar-refractivity contribution is 5.86. The van der Waals surface area contributed by atoms with E-state index >= 15 is 0 Å². The normalized spacial score (nSPS) is 12.0. The van der Waals surface area contributed by atoms with Gasteiger partial charge in [-0.2, -0.15) is 0 Å². The van der Waals surface area contributed by atoms with Crippen molar-refractivity contribution in [2.75, 3.05) is 6.54 Å². The van der Waals surface area contributed by atoms with Gasteiger partial charge in [-0.25, -0.2) is 4.79 Å². The van der Waals surface area contributed by atoms with Crippen molar-refractivity contribution in [2.24, 2.45) is 0 Å². The van der Waals surface area contributed by atoms with Crippen LogP contribution in [0.4, 0.5) is 4.79 Å². The Balaban J connectivity index is 1.66. The molecule has 6 nitrogen and oxygen atoms in total. The van der Waals surface area contributed by atoms with Crippen molar-refractivity contribution in [3.63, 3.8) is 0 Å². The van der Waals surface area contributed by atoms with Crippen LogP contribution in [0.3, 0.4) is 0 Å². The van der Waals surface area contributed by atoms with Crippen molar-refractivity contribution in [1.29, 1.82) is 0 Å². The van der Waals surface area contributed by atoms with Crippen LogP contribution in [0.25, 0.3) is 11.1 Å². The predicted molar refractivity (Wildman–Crippen MR) is 134 cm³/mol. The molecule has 0 radical (unpaired) electrons. The molecule has 0 aromatic heterocycles. The number of carbonyl (C=O) groups excluding carboxylic acids is 2. The lowest BCUT2D eigenvalue weighted by molar-refractivity contribution is -0.123. The number of amides is 2. The molecule has 3 aromatic rings. The summed E-state index contributed by atoms with van der Waals surface area (Å²) < 4.78 is 5.36. The Kier molecular flexibility index (Phi) is 8.30. The molecule has 0 bridgehead atoms. The first-order valence-electron chi connectivity index (χ1n) is 11.4. The second-order valence-corrected chi connectivity index (χ2v) is 9.17. The maximum atomic E-state index is 13.0. The van der Waals surface area contributed by atoms with Gasteiger partial charge in [0.05, 0.1) is 0 Å². The smallest absolute Gasteiger partial charge is 0.408 e. The van der Waals surface area contributed by atoms with Crippen LogP contribution in [-0.2, 0) is 22.4 Å². The zero-order chi connectivity index (χ0) is 24.6. The van der Waals surface area contributed by atoms with Gasteiger partial charge in [-0.15, -0.1) is 0 Å². The van der Waals surface area contributed by atoms with E-state index in [-0.39, 0.29) is 11.7 Å². The van der Waals surface area contributed by atoms with Gasteiger partial charge in [0.25, 0.3) is 0 Å². The molecule has 6 heteroatoms. The number of phenols is 1. The number of hydrogen-bond donors (Lipinski definition) is 3. The van der Waals surface area contributed by atoms with Gasteiger partial charge in [0.2, 0.25) is 5.91 Å². The summed E-state index contributed by atoms with van der Waals surface area (Å²) in [6, 6.07) is 24.1. The number of rotatable bonds is 8. The molecule has 0 heterocycles. The molecule has 2 amide bonds. The lowest BCUT2D eigenvalue weighted by atomic mass is 10.0. The third-order valence-electron chi connectivity index (χ3n) is 5.16. The van der Waals surface area contributed by atoms with Gasteiger partial charge in [0.1, 0.15) is 17.4 Å². The summed E-state index contributed by atoms with van der Waals surface area (Å²) in [5, 5.41) is 15.0. The van der Waals surface area contributed by atoms with E-state index in [1.165, 1.54) is 0 Å². The average molecular weight is 461 g/mol. The summed E-state index contributed by atoms with van der Waals surface area (Å²) in [6.07, 6.45) is 0.308. The molecule has 3 rings (SSSR count). The van der Waals surface area contributed by atoms with E-state index < -0.39 is 17.7 Å². The maximum absolute atomic E-state index is 13.0. The molecule has 0 aliphatic rings. The van der Waals surface area contributed by atoms with Gasteiger partial charge in [0.15, 0.2) is 0 Å². The molecule has 3 N–H and O–H groups in total. The zero-order valence-corrected chi connectivity index (χ0v) is 19.9. The van der Waals surface area contributed by atoms with Crippen LogP contribution in [0.15, 0.2) is 78.9 Å². The molecule has 0 saturated carbocycles. The first-order chi connectivity index (χ1) is 16.2. The van der Waals surface area contributed by atoms with Crippen LogP contribution in [0.1, 0.15) is 31.9 Å². The topological polar surface area (TPSA) is 87.7 Å². The van der Waals surface area contributed by atoms with E-state index in [9.17, 15) is 14.7 Å². The predicted octanol–water partition coefficient (Wildman–Crippen LogP) is 4.85. The molecule has 0 aliphatic carbocycles. The van der Waals surface area contributed by atoms with Gasteiger partial charge < -0.3 is 20.5 Å². The van der Waals surface area contributed by atoms with Gasteiger partial charge in [-0.05, 0) is 61.6 Å². The van der Waals surface area contributed by atoms with Crippen LogP contribution in [-0.4, -0.2) is 35.3 Å². The van der Waals surface area contributed by atoms with Crippen molar-refractivity contribution in [3.8, 4) is 16.9 Å². The summed E-state index contributed by atoms with van der Waals surface area (Å²) in [7, 11) is 0. The molecule has 0 fully saturated rings. The zero-order valence-electron chi connectivity index (χ0n) is 19.9. The molecule has 34 heavy (non-hydrogen) atoms. The minimum atomic E-state index is -0.780. The summed E-state index contributed by atoms with van der Waals surface area (Å²) in [5.41, 5.74) is 3.45. The quantitative estimate of drug-likeness (QED) is 0.448. The minimum Gasteiger partial charge on any atom is -0.508 e. The van der Waals surface area contributed by atoms with E-state index in [0.717, 1.165) is 22.3 Å². The number of carbonyl (C=O) groups is 2. The molecule has 0 aliphatic heterocycles. The Hall–Kier alpha value is -3.80. The van der Waals surface area contributed by atoms with E-state index in [0.29, 0.717) is 19.4 Å². The van der Waals surface area contributed by atoms with Crippen LogP contribution >= 0.6 is 0 Å². The lowest BCUT2D eigenvalue weighted by Gasteiger charge is -2.23. The number of hydrogen-bond acceptors (Lipinski definition) is 4. The number of phenolic OH excluding ortho intramolecular Hbond substituents is 1. The Morgan fingerprint density at radius 3 is 2.06 bits per heavy atom. The molecular weight excluding hydrogens is 428 g/mol. The molecule has 1 atom stereocenters. The minimum absolute atomic E-state index is 0.202. The maximum Gasteiger partial charge on any atom is 0.408 e. The summed E-state index contributed by atoms with van der Waals surface area (Å²) >= 11 is 0. The summed E-state index contributed by atoms with van der Waals surface area (Å²) in [4.78, 5) is 25.4. The first kappa shape index (κ1) is 24.8. The number of ether oxygens (including phenoxy) is 1. The Morgan fingerprint density at radius 1 is 0.853 bits per heavy atom. The molecule has 0 saturated heterocycles. The standard InChI is InChI=1S/C28H32N2O4/c1-28(2,3)34-27(33)30-25(26(32)29-18-17-20-11-15-24(31)16-12-20)19-21-9-13-23(14-10-21)22-7-5-4-6-8-22/h4-16,25,31H,17-19H2,1-3H3,(H,29,32)(H,30,33)/t25-/m0/s1. The lowest BCUT2D eigenvalue weighted by Crippen LogP contribution is -2.49. The van der Waals surface area contributed by atoms with Gasteiger partial charge in [-0.3, -0.25) is 4.79 Å². The second-order valence-electron chi connectivity index (χ2n) is 9.17. The van der Waals surface area contributed by atoms with Gasteiger partial charge >= 0.3 is 6.09 Å². The fourth-order valence-electron chi connectivity index (χ4n) is 3.47. The van der Waals surface area contributed by atoms with Crippen LogP contribution < -0.4 is 10.6 Å². The van der Waals surface area contributed by atoms with E-state index in [1.807, 2.05) is 66.7 Å². The average Bonchev–Trinajstić information content (AvgIpc) is 2.80. The molecular formula is C28H32N2O4. The van der Waals surface area contributed by atoms with Crippen LogP contribution in [0, 0.1) is 0 Å². The SMILES string of the molecule is CC(C)(C)OC(=O)N[C@@H](Cc1ccc(-c2ccccc2)cc1)C(=O)NCCc1ccc(O)cc1. The second kappa shape index (κ2) is 11.4. The summed E-state index contributed by atoms with van der Waals surface area (Å²) in [6.45, 7) is 5.74. The molecule has 3 aromatic carbocycles. The number of nitrogens with one attached hydrogen (secondary N) is 2. The summed E-state index contributed by atoms with van der Waals surface area (Å²) in [5.74, 6) is -0.0792. The van der Waals surface area contributed by atoms with Gasteiger partial charge in [-0.1, -0.05) is 66.7 Å². The monoisotopic (exact) mass is 460 g/mol. The van der Waals surface area contributed by atoms with Gasteiger partial charge in [0, 0.05) is 13.0 Å². The molecule has 178 valence electrons. The Morgan fingerprint density at radius 2 is 1.44 bits per heavy atom. The largest absolute Gasteiger partial charge is 0.508 e. The van der Waals surface area contributed by atoms with Crippen molar-refractivity contribution >= 4 is 12.0 Å². The number of aromatic hydroxyl groups is 1. The first-order valence-corrected chi connectivity index (χ1v) is 11.4. The van der Waals surface area contributed by atoms with E-state index in [1.54, 1.807) is 32.9 Å². The Labute approximate surface area is 201 Å². The highest BCUT2D eigenvalue weighted by Crippen LogP contribution is 2.20. The molecule has 0 unspecified atom stereocenters. The highest BCUT2D eigenvalue weighted by Gasteiger charge is 2.24. The number of alkyl carbamates (subject to hydrolysis) is 1. The van der Waals surface area contributed by atoms with Crippen molar-refractivity contribution < 1.29 is 19.4 Å². The van der Waals surface area contributed by atoms with Crippen molar-refractivity contribution in [3.05, 3.63) is 90.0 Å². The Bertz CT molecular complexity index is 1070. The highest BCUT2D eigenvalue weighted by atomic mass is 16.6. The van der Waals surface area contributed by atoms with Crippen molar-refractivity contribution in [1.82, 2.24) is 10.6 Å². The van der Waals surface area contributed by atoms with Crippen molar-refractivity contribution in [2.45, 2.75) is 45.3 Å². The van der Waals surface area contributed by atoms with Crippen LogP contribution in [0.2, 0.25) is 0 Å². The van der Waals surface area contributed by atoms with Crippen LogP contribution in [0.5, 0.6) is 5.75 Å². The number of benzene rings is 3.